The molecule has 0 spiro atoms. The molecule has 148 valence electrons. The van der Waals surface area contributed by atoms with Gasteiger partial charge < -0.3 is 4.57 Å². The van der Waals surface area contributed by atoms with E-state index in [-0.39, 0.29) is 5.92 Å². The predicted octanol–water partition coefficient (Wildman–Crippen LogP) is 7.65. The zero-order valence-electron chi connectivity index (χ0n) is 17.4. The first-order valence-electron chi connectivity index (χ1n) is 10.5. The molecule has 0 N–H and O–H groups in total. The van der Waals surface area contributed by atoms with Gasteiger partial charge in [0.15, 0.2) is 0 Å². The Kier molecular flexibility index (Phi) is 5.02. The molecule has 0 bridgehead atoms. The van der Waals surface area contributed by atoms with E-state index < -0.39 is 0 Å². The van der Waals surface area contributed by atoms with Crippen LogP contribution < -0.4 is 0 Å². The van der Waals surface area contributed by atoms with Gasteiger partial charge in [-0.05, 0) is 41.3 Å². The fraction of sp³-hybridized carbons (Fsp3) is 0.143. The molecule has 0 aliphatic heterocycles. The van der Waals surface area contributed by atoms with Gasteiger partial charge in [0.25, 0.3) is 0 Å². The van der Waals surface area contributed by atoms with Crippen molar-refractivity contribution in [2.45, 2.75) is 19.3 Å². The molecule has 5 aromatic rings. The van der Waals surface area contributed by atoms with Gasteiger partial charge in [-0.25, -0.2) is 0 Å². The molecule has 2 heterocycles. The summed E-state index contributed by atoms with van der Waals surface area (Å²) in [5.41, 5.74) is 6.58. The highest BCUT2D eigenvalue weighted by atomic mass is 32.1. The summed E-state index contributed by atoms with van der Waals surface area (Å²) >= 11 is 1.94. The van der Waals surface area contributed by atoms with E-state index in [0.29, 0.717) is 0 Å². The number of hydrogen-bond acceptors (Lipinski definition) is 1. The largest absolute Gasteiger partial charge is 0.343 e. The van der Waals surface area contributed by atoms with Crippen LogP contribution in [0.3, 0.4) is 0 Å². The monoisotopic (exact) mass is 407 g/mol. The summed E-state index contributed by atoms with van der Waals surface area (Å²) in [7, 11) is 2.20. The maximum Gasteiger partial charge on any atom is 0.0531 e. The molecule has 3 aromatic carbocycles. The highest BCUT2D eigenvalue weighted by Crippen LogP contribution is 2.45. The van der Waals surface area contributed by atoms with Crippen LogP contribution in [0.5, 0.6) is 0 Å². The lowest BCUT2D eigenvalue weighted by Crippen LogP contribution is -2.04. The van der Waals surface area contributed by atoms with Gasteiger partial charge in [0.2, 0.25) is 0 Å². The van der Waals surface area contributed by atoms with Gasteiger partial charge in [0.1, 0.15) is 0 Å². The van der Waals surface area contributed by atoms with E-state index in [1.54, 1.807) is 0 Å². The van der Waals surface area contributed by atoms with E-state index >= 15 is 0 Å². The summed E-state index contributed by atoms with van der Waals surface area (Å²) in [5.74, 6) is 0.206. The van der Waals surface area contributed by atoms with Crippen LogP contribution in [0.25, 0.3) is 22.2 Å². The van der Waals surface area contributed by atoms with E-state index in [9.17, 15) is 0 Å². The topological polar surface area (TPSA) is 4.93 Å². The predicted molar refractivity (Wildman–Crippen MR) is 129 cm³/mol. The molecular formula is C28H25NS. The molecule has 1 unspecified atom stereocenters. The van der Waals surface area contributed by atoms with Crippen LogP contribution in [0.1, 0.15) is 33.7 Å². The summed E-state index contributed by atoms with van der Waals surface area (Å²) in [5, 5.41) is 1.33. The molecule has 0 aliphatic carbocycles. The lowest BCUT2D eigenvalue weighted by molar-refractivity contribution is 0.946. The fourth-order valence-corrected chi connectivity index (χ4v) is 5.61. The minimum absolute atomic E-state index is 0.206. The van der Waals surface area contributed by atoms with Gasteiger partial charge in [-0.3, -0.25) is 0 Å². The van der Waals surface area contributed by atoms with E-state index in [0.717, 1.165) is 6.42 Å². The van der Waals surface area contributed by atoms with E-state index in [1.165, 1.54) is 43.0 Å². The van der Waals surface area contributed by atoms with Crippen LogP contribution in [0.2, 0.25) is 0 Å². The molecule has 2 aromatic heterocycles. The number of para-hydroxylation sites is 1. The highest BCUT2D eigenvalue weighted by Gasteiger charge is 2.27. The first-order chi connectivity index (χ1) is 14.8. The Morgan fingerprint density at radius 1 is 0.767 bits per heavy atom. The molecule has 1 nitrogen and oxygen atoms in total. The molecule has 0 saturated carbocycles. The average molecular weight is 408 g/mol. The molecule has 5 rings (SSSR count). The quantitative estimate of drug-likeness (QED) is 0.282. The minimum atomic E-state index is 0.206. The number of rotatable bonds is 5. The molecule has 0 saturated heterocycles. The van der Waals surface area contributed by atoms with Crippen molar-refractivity contribution in [1.82, 2.24) is 4.57 Å². The zero-order valence-corrected chi connectivity index (χ0v) is 18.2. The van der Waals surface area contributed by atoms with Crippen molar-refractivity contribution in [2.24, 2.45) is 7.05 Å². The summed E-state index contributed by atoms with van der Waals surface area (Å²) < 4.78 is 2.37. The van der Waals surface area contributed by atoms with Crippen molar-refractivity contribution >= 4 is 22.2 Å². The van der Waals surface area contributed by atoms with Gasteiger partial charge in [0.05, 0.1) is 5.69 Å². The van der Waals surface area contributed by atoms with Crippen molar-refractivity contribution < 1.29 is 0 Å². The zero-order chi connectivity index (χ0) is 20.5. The number of benzene rings is 3. The lowest BCUT2D eigenvalue weighted by atomic mass is 9.86. The van der Waals surface area contributed by atoms with Crippen molar-refractivity contribution in [3.05, 3.63) is 118 Å². The first kappa shape index (κ1) is 18.9. The second-order valence-electron chi connectivity index (χ2n) is 7.71. The summed E-state index contributed by atoms with van der Waals surface area (Å²) in [4.78, 5) is 2.85. The number of aromatic nitrogens is 1. The number of fused-ring (bicyclic) bond motifs is 1. The second-order valence-corrected chi connectivity index (χ2v) is 8.91. The van der Waals surface area contributed by atoms with Crippen LogP contribution in [-0.4, -0.2) is 4.57 Å². The third kappa shape index (κ3) is 3.18. The van der Waals surface area contributed by atoms with Crippen LogP contribution in [0.15, 0.2) is 97.1 Å². The molecule has 0 fully saturated rings. The Balaban J connectivity index is 1.86. The van der Waals surface area contributed by atoms with Crippen LogP contribution >= 0.6 is 11.3 Å². The number of aryl methyl sites for hydroxylation is 2. The summed E-state index contributed by atoms with van der Waals surface area (Å²) in [6.45, 7) is 2.24. The summed E-state index contributed by atoms with van der Waals surface area (Å²) in [6, 6.07) is 35.2. The second kappa shape index (κ2) is 7.97. The third-order valence-electron chi connectivity index (χ3n) is 5.93. The van der Waals surface area contributed by atoms with Gasteiger partial charge in [-0.2, -0.15) is 0 Å². The number of nitrogens with zero attached hydrogens (tertiary/aromatic N) is 1. The maximum atomic E-state index is 2.37. The van der Waals surface area contributed by atoms with E-state index in [4.69, 9.17) is 0 Å². The van der Waals surface area contributed by atoms with E-state index in [1.807, 2.05) is 11.3 Å². The highest BCUT2D eigenvalue weighted by molar-refractivity contribution is 7.12. The van der Waals surface area contributed by atoms with Crippen molar-refractivity contribution in [2.75, 3.05) is 0 Å². The SMILES string of the molecule is CCc1ccc(C(c2ccccc2)c2c(-c3ccccc3)n(C)c3ccccc23)s1. The van der Waals surface area contributed by atoms with Gasteiger partial charge in [0, 0.05) is 33.6 Å². The van der Waals surface area contributed by atoms with Gasteiger partial charge in [-0.15, -0.1) is 11.3 Å². The van der Waals surface area contributed by atoms with Crippen LogP contribution in [0.4, 0.5) is 0 Å². The Bertz CT molecular complexity index is 1280. The Hall–Kier alpha value is -3.10. The smallest absolute Gasteiger partial charge is 0.0531 e. The number of hydrogen-bond donors (Lipinski definition) is 0. The molecule has 1 atom stereocenters. The number of thiophene rings is 1. The standard InChI is InChI=1S/C28H25NS/c1-3-22-18-19-25(30-22)26(20-12-6-4-7-13-20)27-23-16-10-11-17-24(23)29(2)28(27)21-14-8-5-9-15-21/h4-19,26H,3H2,1-2H3. The Labute approximate surface area is 182 Å². The maximum absolute atomic E-state index is 2.37. The molecular weight excluding hydrogens is 382 g/mol. The molecule has 0 aliphatic rings. The third-order valence-corrected chi connectivity index (χ3v) is 7.22. The summed E-state index contributed by atoms with van der Waals surface area (Å²) in [6.07, 6.45) is 1.08. The lowest BCUT2D eigenvalue weighted by Gasteiger charge is -2.19. The van der Waals surface area contributed by atoms with Crippen molar-refractivity contribution in [3.8, 4) is 11.3 Å². The van der Waals surface area contributed by atoms with Crippen LogP contribution in [-0.2, 0) is 13.5 Å². The van der Waals surface area contributed by atoms with Gasteiger partial charge >= 0.3 is 0 Å². The average Bonchev–Trinajstić information content (AvgIpc) is 3.39. The molecule has 0 amide bonds. The van der Waals surface area contributed by atoms with Crippen LogP contribution in [0, 0.1) is 0 Å². The van der Waals surface area contributed by atoms with Crippen molar-refractivity contribution in [1.29, 1.82) is 0 Å². The first-order valence-corrected chi connectivity index (χ1v) is 11.4. The van der Waals surface area contributed by atoms with E-state index in [2.05, 4.69) is 116 Å². The Morgan fingerprint density at radius 3 is 2.13 bits per heavy atom. The Morgan fingerprint density at radius 2 is 1.43 bits per heavy atom. The molecule has 0 radical (unpaired) electrons. The fourth-order valence-electron chi connectivity index (χ4n) is 4.52. The van der Waals surface area contributed by atoms with Crippen molar-refractivity contribution in [3.63, 3.8) is 0 Å². The normalized spacial score (nSPS) is 12.3. The molecule has 30 heavy (non-hydrogen) atoms. The minimum Gasteiger partial charge on any atom is -0.343 e. The molecule has 2 heteroatoms. The van der Waals surface area contributed by atoms with Gasteiger partial charge in [-0.1, -0.05) is 85.8 Å².